The van der Waals surface area contributed by atoms with Crippen LogP contribution in [-0.2, 0) is 0 Å². The number of benzene rings is 3. The molecule has 1 heterocycles. The zero-order valence-corrected chi connectivity index (χ0v) is 18.9. The van der Waals surface area contributed by atoms with Crippen molar-refractivity contribution in [1.82, 2.24) is 4.90 Å². The predicted octanol–water partition coefficient (Wildman–Crippen LogP) is 4.83. The van der Waals surface area contributed by atoms with Crippen molar-refractivity contribution < 1.29 is 9.59 Å². The standard InChI is InChI=1S/C27H29N3O2/c1-19-8-7-11-25(21(19)3)29-14-16-30(17-15-29)27(32)23-13-12-20(2)24(18-23)28-26(31)22-9-5-4-6-10-22/h4-13,18H,14-17H2,1-3H3,(H,28,31). The molecule has 3 aromatic rings. The Hall–Kier alpha value is -3.60. The van der Waals surface area contributed by atoms with Crippen LogP contribution >= 0.6 is 0 Å². The normalized spacial score (nSPS) is 13.7. The lowest BCUT2D eigenvalue weighted by atomic mass is 10.1. The predicted molar refractivity (Wildman–Crippen MR) is 130 cm³/mol. The quantitative estimate of drug-likeness (QED) is 0.649. The van der Waals surface area contributed by atoms with Gasteiger partial charge in [-0.25, -0.2) is 0 Å². The van der Waals surface area contributed by atoms with Crippen molar-refractivity contribution in [3.8, 4) is 0 Å². The van der Waals surface area contributed by atoms with Gasteiger partial charge in [0.1, 0.15) is 0 Å². The van der Waals surface area contributed by atoms with E-state index in [0.29, 0.717) is 29.9 Å². The van der Waals surface area contributed by atoms with Gasteiger partial charge in [-0.3, -0.25) is 9.59 Å². The second-order valence-electron chi connectivity index (χ2n) is 8.35. The van der Waals surface area contributed by atoms with E-state index < -0.39 is 0 Å². The van der Waals surface area contributed by atoms with Crippen LogP contribution in [0.15, 0.2) is 66.7 Å². The van der Waals surface area contributed by atoms with Crippen LogP contribution in [0.2, 0.25) is 0 Å². The fraction of sp³-hybridized carbons (Fsp3) is 0.259. The van der Waals surface area contributed by atoms with Crippen LogP contribution in [0, 0.1) is 20.8 Å². The Balaban J connectivity index is 1.44. The first-order valence-corrected chi connectivity index (χ1v) is 11.0. The van der Waals surface area contributed by atoms with Crippen molar-refractivity contribution in [1.29, 1.82) is 0 Å². The molecule has 0 spiro atoms. The molecule has 0 radical (unpaired) electrons. The maximum Gasteiger partial charge on any atom is 0.255 e. The van der Waals surface area contributed by atoms with Crippen LogP contribution in [-0.4, -0.2) is 42.9 Å². The van der Waals surface area contributed by atoms with Crippen molar-refractivity contribution in [2.45, 2.75) is 20.8 Å². The molecule has 1 aliphatic heterocycles. The average molecular weight is 428 g/mol. The fourth-order valence-electron chi connectivity index (χ4n) is 4.08. The number of piperazine rings is 1. The second kappa shape index (κ2) is 9.27. The number of hydrogen-bond donors (Lipinski definition) is 1. The molecule has 1 N–H and O–H groups in total. The minimum absolute atomic E-state index is 0.000763. The molecule has 0 atom stereocenters. The van der Waals surface area contributed by atoms with Crippen molar-refractivity contribution in [3.63, 3.8) is 0 Å². The largest absolute Gasteiger partial charge is 0.368 e. The fourth-order valence-corrected chi connectivity index (χ4v) is 4.08. The monoisotopic (exact) mass is 427 g/mol. The summed E-state index contributed by atoms with van der Waals surface area (Å²) in [6.07, 6.45) is 0. The number of hydrogen-bond acceptors (Lipinski definition) is 3. The van der Waals surface area contributed by atoms with E-state index in [1.807, 2.05) is 42.2 Å². The third-order valence-electron chi connectivity index (χ3n) is 6.25. The molecule has 2 amide bonds. The van der Waals surface area contributed by atoms with Crippen LogP contribution in [0.4, 0.5) is 11.4 Å². The minimum Gasteiger partial charge on any atom is -0.368 e. The van der Waals surface area contributed by atoms with Gasteiger partial charge in [0.05, 0.1) is 0 Å². The Labute approximate surface area is 189 Å². The molecule has 0 aliphatic carbocycles. The Bertz CT molecular complexity index is 1130. The number of amides is 2. The highest BCUT2D eigenvalue weighted by Gasteiger charge is 2.24. The number of nitrogens with zero attached hydrogens (tertiary/aromatic N) is 2. The Morgan fingerprint density at radius 2 is 1.47 bits per heavy atom. The van der Waals surface area contributed by atoms with Crippen LogP contribution < -0.4 is 10.2 Å². The van der Waals surface area contributed by atoms with Gasteiger partial charge in [-0.05, 0) is 67.8 Å². The number of nitrogens with one attached hydrogen (secondary N) is 1. The molecular formula is C27H29N3O2. The molecule has 4 rings (SSSR count). The van der Waals surface area contributed by atoms with Gasteiger partial charge in [0, 0.05) is 48.7 Å². The third kappa shape index (κ3) is 4.52. The van der Waals surface area contributed by atoms with E-state index in [1.54, 1.807) is 18.2 Å². The lowest BCUT2D eigenvalue weighted by Gasteiger charge is -2.37. The first kappa shape index (κ1) is 21.6. The Kier molecular flexibility index (Phi) is 6.26. The Morgan fingerprint density at radius 3 is 2.19 bits per heavy atom. The highest BCUT2D eigenvalue weighted by Crippen LogP contribution is 2.25. The van der Waals surface area contributed by atoms with Crippen LogP contribution in [0.1, 0.15) is 37.4 Å². The summed E-state index contributed by atoms with van der Waals surface area (Å²) in [6.45, 7) is 9.17. The van der Waals surface area contributed by atoms with E-state index >= 15 is 0 Å². The molecule has 164 valence electrons. The van der Waals surface area contributed by atoms with Crippen LogP contribution in [0.25, 0.3) is 0 Å². The van der Waals surface area contributed by atoms with Gasteiger partial charge in [0.25, 0.3) is 11.8 Å². The van der Waals surface area contributed by atoms with E-state index in [1.165, 1.54) is 16.8 Å². The molecule has 32 heavy (non-hydrogen) atoms. The number of carbonyl (C=O) groups excluding carboxylic acids is 2. The molecule has 5 nitrogen and oxygen atoms in total. The Morgan fingerprint density at radius 1 is 0.750 bits per heavy atom. The molecule has 5 heteroatoms. The van der Waals surface area contributed by atoms with Gasteiger partial charge >= 0.3 is 0 Å². The molecule has 3 aromatic carbocycles. The zero-order valence-electron chi connectivity index (χ0n) is 18.9. The number of anilines is 2. The second-order valence-corrected chi connectivity index (χ2v) is 8.35. The van der Waals surface area contributed by atoms with Crippen molar-refractivity contribution in [2.24, 2.45) is 0 Å². The molecule has 0 aromatic heterocycles. The smallest absolute Gasteiger partial charge is 0.255 e. The van der Waals surface area contributed by atoms with E-state index in [9.17, 15) is 9.59 Å². The summed E-state index contributed by atoms with van der Waals surface area (Å²) in [5, 5.41) is 2.95. The maximum atomic E-state index is 13.2. The highest BCUT2D eigenvalue weighted by molar-refractivity contribution is 6.05. The van der Waals surface area contributed by atoms with E-state index in [4.69, 9.17) is 0 Å². The average Bonchev–Trinajstić information content (AvgIpc) is 2.82. The van der Waals surface area contributed by atoms with Crippen molar-refractivity contribution in [2.75, 3.05) is 36.4 Å². The molecule has 0 bridgehead atoms. The lowest BCUT2D eigenvalue weighted by Crippen LogP contribution is -2.49. The van der Waals surface area contributed by atoms with Gasteiger partial charge in [-0.15, -0.1) is 0 Å². The summed E-state index contributed by atoms with van der Waals surface area (Å²) in [5.74, 6) is -0.179. The van der Waals surface area contributed by atoms with E-state index in [2.05, 4.69) is 42.3 Å². The first-order valence-electron chi connectivity index (χ1n) is 11.0. The third-order valence-corrected chi connectivity index (χ3v) is 6.25. The molecular weight excluding hydrogens is 398 g/mol. The van der Waals surface area contributed by atoms with Crippen LogP contribution in [0.3, 0.4) is 0 Å². The van der Waals surface area contributed by atoms with Gasteiger partial charge < -0.3 is 15.1 Å². The van der Waals surface area contributed by atoms with E-state index in [0.717, 1.165) is 18.7 Å². The van der Waals surface area contributed by atoms with Gasteiger partial charge in [0.15, 0.2) is 0 Å². The molecule has 1 fully saturated rings. The lowest BCUT2D eigenvalue weighted by molar-refractivity contribution is 0.0746. The van der Waals surface area contributed by atoms with Gasteiger partial charge in [0.2, 0.25) is 0 Å². The number of carbonyl (C=O) groups is 2. The van der Waals surface area contributed by atoms with Crippen molar-refractivity contribution >= 4 is 23.2 Å². The number of aryl methyl sites for hydroxylation is 2. The summed E-state index contributed by atoms with van der Waals surface area (Å²) >= 11 is 0. The topological polar surface area (TPSA) is 52.7 Å². The highest BCUT2D eigenvalue weighted by atomic mass is 16.2. The molecule has 1 saturated heterocycles. The van der Waals surface area contributed by atoms with Gasteiger partial charge in [-0.2, -0.15) is 0 Å². The minimum atomic E-state index is -0.180. The number of rotatable bonds is 4. The molecule has 0 unspecified atom stereocenters. The van der Waals surface area contributed by atoms with Gasteiger partial charge in [-0.1, -0.05) is 36.4 Å². The summed E-state index contributed by atoms with van der Waals surface area (Å²) in [5.41, 5.74) is 6.60. The maximum absolute atomic E-state index is 13.2. The zero-order chi connectivity index (χ0) is 22.7. The first-order chi connectivity index (χ1) is 15.4. The molecule has 1 aliphatic rings. The van der Waals surface area contributed by atoms with Crippen LogP contribution in [0.5, 0.6) is 0 Å². The summed E-state index contributed by atoms with van der Waals surface area (Å²) in [4.78, 5) is 30.0. The summed E-state index contributed by atoms with van der Waals surface area (Å²) < 4.78 is 0. The summed E-state index contributed by atoms with van der Waals surface area (Å²) in [7, 11) is 0. The van der Waals surface area contributed by atoms with E-state index in [-0.39, 0.29) is 11.8 Å². The molecule has 0 saturated carbocycles. The summed E-state index contributed by atoms with van der Waals surface area (Å²) in [6, 6.07) is 21.0. The SMILES string of the molecule is Cc1ccc(C(=O)N2CCN(c3cccc(C)c3C)CC2)cc1NC(=O)c1ccccc1. The van der Waals surface area contributed by atoms with Crippen molar-refractivity contribution in [3.05, 3.63) is 94.5 Å².